The molecule has 1 N–H and O–H groups in total. The fraction of sp³-hybridized carbons (Fsp3) is 0.200. The highest BCUT2D eigenvalue weighted by molar-refractivity contribution is 5.66. The third-order valence-electron chi connectivity index (χ3n) is 1.99. The Kier molecular flexibility index (Phi) is 2.90. The van der Waals surface area contributed by atoms with Crippen LogP contribution in [0.1, 0.15) is 12.2 Å². The fourth-order valence-electron chi connectivity index (χ4n) is 1.26. The Morgan fingerprint density at radius 1 is 1.44 bits per heavy atom. The number of hydrogen-bond donors (Lipinski definition) is 1. The molecule has 0 aromatic carbocycles. The predicted molar refractivity (Wildman–Crippen MR) is 55.1 cm³/mol. The second kappa shape index (κ2) is 4.52. The molecule has 0 atom stereocenters. The molecule has 0 aliphatic carbocycles. The van der Waals surface area contributed by atoms with Gasteiger partial charge in [0, 0.05) is 31.1 Å². The lowest BCUT2D eigenvalue weighted by Gasteiger charge is -2.02. The number of aromatic nitrogens is 4. The zero-order chi connectivity index (χ0) is 11.4. The van der Waals surface area contributed by atoms with E-state index in [2.05, 4.69) is 15.1 Å². The Bertz CT molecular complexity index is 481. The number of aryl methyl sites for hydroxylation is 1. The summed E-state index contributed by atoms with van der Waals surface area (Å²) in [4.78, 5) is 18.6. The van der Waals surface area contributed by atoms with Gasteiger partial charge in [-0.15, -0.1) is 0 Å². The van der Waals surface area contributed by atoms with Crippen LogP contribution in [-0.2, 0) is 11.2 Å². The molecule has 2 rings (SSSR count). The van der Waals surface area contributed by atoms with E-state index in [1.54, 1.807) is 35.4 Å². The Balaban J connectivity index is 2.17. The number of carbonyl (C=O) groups is 1. The topological polar surface area (TPSA) is 80.9 Å². The van der Waals surface area contributed by atoms with E-state index >= 15 is 0 Å². The average molecular weight is 218 g/mol. The minimum atomic E-state index is -0.854. The van der Waals surface area contributed by atoms with E-state index in [0.717, 1.165) is 0 Å². The van der Waals surface area contributed by atoms with Crippen molar-refractivity contribution in [3.63, 3.8) is 0 Å². The van der Waals surface area contributed by atoms with Gasteiger partial charge < -0.3 is 5.11 Å². The van der Waals surface area contributed by atoms with Crippen LogP contribution in [0, 0.1) is 0 Å². The summed E-state index contributed by atoms with van der Waals surface area (Å²) in [6.07, 6.45) is 5.37. The summed E-state index contributed by atoms with van der Waals surface area (Å²) >= 11 is 0. The molecule has 2 aromatic heterocycles. The first-order valence-electron chi connectivity index (χ1n) is 4.79. The van der Waals surface area contributed by atoms with Gasteiger partial charge in [-0.05, 0) is 6.07 Å². The molecule has 0 saturated heterocycles. The molecule has 0 aliphatic heterocycles. The summed E-state index contributed by atoms with van der Waals surface area (Å²) in [5, 5.41) is 12.6. The van der Waals surface area contributed by atoms with Crippen molar-refractivity contribution in [3.05, 3.63) is 36.5 Å². The summed E-state index contributed by atoms with van der Waals surface area (Å²) in [5.41, 5.74) is 0. The lowest BCUT2D eigenvalue weighted by atomic mass is 10.3. The number of nitrogens with zero attached hydrogens (tertiary/aromatic N) is 4. The second-order valence-electron chi connectivity index (χ2n) is 3.18. The normalized spacial score (nSPS) is 10.2. The van der Waals surface area contributed by atoms with E-state index < -0.39 is 5.97 Å². The SMILES string of the molecule is O=C(O)CCc1nccc(-n2cccn2)n1. The van der Waals surface area contributed by atoms with Crippen molar-refractivity contribution in [2.24, 2.45) is 0 Å². The van der Waals surface area contributed by atoms with Crippen molar-refractivity contribution in [2.75, 3.05) is 0 Å². The first-order chi connectivity index (χ1) is 7.75. The van der Waals surface area contributed by atoms with Crippen LogP contribution in [0.15, 0.2) is 30.7 Å². The van der Waals surface area contributed by atoms with Crippen molar-refractivity contribution in [2.45, 2.75) is 12.8 Å². The highest BCUT2D eigenvalue weighted by atomic mass is 16.4. The summed E-state index contributed by atoms with van der Waals surface area (Å²) < 4.78 is 1.60. The van der Waals surface area contributed by atoms with Crippen molar-refractivity contribution in [1.82, 2.24) is 19.7 Å². The van der Waals surface area contributed by atoms with E-state index in [-0.39, 0.29) is 6.42 Å². The van der Waals surface area contributed by atoms with Crippen LogP contribution in [0.5, 0.6) is 0 Å². The summed E-state index contributed by atoms with van der Waals surface area (Å²) in [7, 11) is 0. The molecule has 0 fully saturated rings. The third-order valence-corrected chi connectivity index (χ3v) is 1.99. The van der Waals surface area contributed by atoms with Gasteiger partial charge in [0.25, 0.3) is 0 Å². The molecular weight excluding hydrogens is 208 g/mol. The van der Waals surface area contributed by atoms with Crippen molar-refractivity contribution in [3.8, 4) is 5.82 Å². The van der Waals surface area contributed by atoms with Gasteiger partial charge in [-0.1, -0.05) is 0 Å². The van der Waals surface area contributed by atoms with E-state index in [9.17, 15) is 4.79 Å². The molecule has 0 unspecified atom stereocenters. The molecule has 0 amide bonds. The van der Waals surface area contributed by atoms with Crippen LogP contribution in [0.3, 0.4) is 0 Å². The molecule has 2 aromatic rings. The highest BCUT2D eigenvalue weighted by Crippen LogP contribution is 2.03. The molecule has 0 aliphatic rings. The van der Waals surface area contributed by atoms with Gasteiger partial charge in [-0.2, -0.15) is 5.10 Å². The fourth-order valence-corrected chi connectivity index (χ4v) is 1.26. The molecule has 0 radical (unpaired) electrons. The van der Waals surface area contributed by atoms with Crippen LogP contribution in [-0.4, -0.2) is 30.8 Å². The Morgan fingerprint density at radius 3 is 3.00 bits per heavy atom. The van der Waals surface area contributed by atoms with Gasteiger partial charge in [-0.3, -0.25) is 4.79 Å². The van der Waals surface area contributed by atoms with E-state index in [0.29, 0.717) is 18.1 Å². The van der Waals surface area contributed by atoms with Gasteiger partial charge in [-0.25, -0.2) is 14.6 Å². The molecule has 16 heavy (non-hydrogen) atoms. The quantitative estimate of drug-likeness (QED) is 0.816. The maximum Gasteiger partial charge on any atom is 0.303 e. The Morgan fingerprint density at radius 2 is 2.31 bits per heavy atom. The average Bonchev–Trinajstić information content (AvgIpc) is 2.80. The molecule has 6 nitrogen and oxygen atoms in total. The standard InChI is InChI=1S/C10H10N4O2/c15-10(16)3-2-8-11-6-4-9(13-8)14-7-1-5-12-14/h1,4-7H,2-3H2,(H,15,16). The molecule has 0 bridgehead atoms. The van der Waals surface area contributed by atoms with E-state index in [4.69, 9.17) is 5.11 Å². The van der Waals surface area contributed by atoms with Crippen LogP contribution in [0.25, 0.3) is 5.82 Å². The summed E-state index contributed by atoms with van der Waals surface area (Å²) in [6.45, 7) is 0. The number of aliphatic carboxylic acids is 1. The number of rotatable bonds is 4. The van der Waals surface area contributed by atoms with E-state index in [1.807, 2.05) is 0 Å². The third kappa shape index (κ3) is 2.41. The summed E-state index contributed by atoms with van der Waals surface area (Å²) in [5.74, 6) is 0.295. The molecule has 82 valence electrons. The number of hydrogen-bond acceptors (Lipinski definition) is 4. The molecule has 6 heteroatoms. The van der Waals surface area contributed by atoms with Gasteiger partial charge in [0.05, 0.1) is 6.42 Å². The Hall–Kier alpha value is -2.24. The van der Waals surface area contributed by atoms with E-state index in [1.165, 1.54) is 0 Å². The maximum absolute atomic E-state index is 10.4. The van der Waals surface area contributed by atoms with Gasteiger partial charge >= 0.3 is 5.97 Å². The van der Waals surface area contributed by atoms with Gasteiger partial charge in [0.15, 0.2) is 5.82 Å². The molecule has 0 saturated carbocycles. The maximum atomic E-state index is 10.4. The van der Waals surface area contributed by atoms with Crippen LogP contribution < -0.4 is 0 Å². The molecular formula is C10H10N4O2. The monoisotopic (exact) mass is 218 g/mol. The van der Waals surface area contributed by atoms with Gasteiger partial charge in [0.1, 0.15) is 5.82 Å². The smallest absolute Gasteiger partial charge is 0.303 e. The number of carboxylic acids is 1. The highest BCUT2D eigenvalue weighted by Gasteiger charge is 2.04. The van der Waals surface area contributed by atoms with Crippen LogP contribution in [0.4, 0.5) is 0 Å². The zero-order valence-corrected chi connectivity index (χ0v) is 8.45. The molecule has 2 heterocycles. The first kappa shape index (κ1) is 10.3. The van der Waals surface area contributed by atoms with Crippen LogP contribution in [0.2, 0.25) is 0 Å². The Labute approximate surface area is 91.6 Å². The van der Waals surface area contributed by atoms with Crippen molar-refractivity contribution >= 4 is 5.97 Å². The van der Waals surface area contributed by atoms with Crippen molar-refractivity contribution < 1.29 is 9.90 Å². The largest absolute Gasteiger partial charge is 0.481 e. The summed E-state index contributed by atoms with van der Waals surface area (Å²) in [6, 6.07) is 3.51. The predicted octanol–water partition coefficient (Wildman–Crippen LogP) is 0.680. The first-order valence-corrected chi connectivity index (χ1v) is 4.79. The van der Waals surface area contributed by atoms with Crippen molar-refractivity contribution in [1.29, 1.82) is 0 Å². The van der Waals surface area contributed by atoms with Gasteiger partial charge in [0.2, 0.25) is 0 Å². The molecule has 0 spiro atoms. The second-order valence-corrected chi connectivity index (χ2v) is 3.18. The zero-order valence-electron chi connectivity index (χ0n) is 8.45. The lowest BCUT2D eigenvalue weighted by Crippen LogP contribution is -2.05. The minimum Gasteiger partial charge on any atom is -0.481 e. The lowest BCUT2D eigenvalue weighted by molar-refractivity contribution is -0.137. The minimum absolute atomic E-state index is 0.0303. The number of carboxylic acid groups (broad SMARTS) is 1. The van der Waals surface area contributed by atoms with Crippen LogP contribution >= 0.6 is 0 Å².